The van der Waals surface area contributed by atoms with Crippen molar-refractivity contribution < 1.29 is 18.7 Å². The van der Waals surface area contributed by atoms with Crippen LogP contribution in [0.2, 0.25) is 0 Å². The van der Waals surface area contributed by atoms with Gasteiger partial charge in [0.25, 0.3) is 0 Å². The molecule has 8 heteroatoms. The van der Waals surface area contributed by atoms with Gasteiger partial charge in [0.2, 0.25) is 5.91 Å². The van der Waals surface area contributed by atoms with Crippen LogP contribution in [0, 0.1) is 12.7 Å². The summed E-state index contributed by atoms with van der Waals surface area (Å²) in [5.74, 6) is -0.340. The first-order valence-corrected chi connectivity index (χ1v) is 12.0. The second-order valence-electron chi connectivity index (χ2n) is 8.28. The third-order valence-corrected chi connectivity index (χ3v) is 7.08. The monoisotopic (exact) mass is 489 g/mol. The topological polar surface area (TPSA) is 58.4 Å². The number of aromatic hydroxyl groups is 1. The van der Waals surface area contributed by atoms with Crippen LogP contribution in [0.1, 0.15) is 27.8 Å². The fourth-order valence-electron chi connectivity index (χ4n) is 4.01. The number of hydrogen-bond acceptors (Lipinski definition) is 4. The molecule has 0 bridgehead atoms. The summed E-state index contributed by atoms with van der Waals surface area (Å²) in [6.45, 7) is 2.05. The third kappa shape index (κ3) is 4.71. The molecule has 1 amide bonds. The Morgan fingerprint density at radius 3 is 2.74 bits per heavy atom. The number of phenols is 1. The van der Waals surface area contributed by atoms with Crippen LogP contribution < -0.4 is 0 Å². The molecule has 2 heterocycles. The largest absolute Gasteiger partial charge is 0.508 e. The fourth-order valence-corrected chi connectivity index (χ4v) is 5.20. The Balaban J connectivity index is 1.58. The van der Waals surface area contributed by atoms with Crippen LogP contribution in [-0.4, -0.2) is 31.4 Å². The Morgan fingerprint density at radius 1 is 1.17 bits per heavy atom. The molecule has 1 N–H and O–H groups in total. The predicted octanol–water partition coefficient (Wildman–Crippen LogP) is 5.76. The number of nitrogens with zero attached hydrogens (tertiary/aromatic N) is 3. The maximum Gasteiger partial charge on any atom is 0.234 e. The summed E-state index contributed by atoms with van der Waals surface area (Å²) < 4.78 is 29.3. The van der Waals surface area contributed by atoms with Gasteiger partial charge in [0, 0.05) is 23.9 Å². The molecule has 2 aliphatic rings. The molecule has 1 aromatic heterocycles. The lowest BCUT2D eigenvalue weighted by molar-refractivity contribution is -0.128. The van der Waals surface area contributed by atoms with Gasteiger partial charge in [-0.1, -0.05) is 17.9 Å². The van der Waals surface area contributed by atoms with Gasteiger partial charge in [0.1, 0.15) is 16.9 Å². The molecule has 2 aromatic carbocycles. The van der Waals surface area contributed by atoms with Gasteiger partial charge in [0.15, 0.2) is 5.83 Å². The maximum absolute atomic E-state index is 13.9. The van der Waals surface area contributed by atoms with E-state index in [1.807, 2.05) is 6.20 Å². The number of allylic oxidation sites excluding steroid dienone is 5. The Hall–Kier alpha value is -3.87. The van der Waals surface area contributed by atoms with Crippen molar-refractivity contribution in [1.82, 2.24) is 14.7 Å². The molecule has 3 aromatic rings. The molecule has 1 atom stereocenters. The van der Waals surface area contributed by atoms with E-state index in [0.29, 0.717) is 34.8 Å². The third-order valence-electron chi connectivity index (χ3n) is 5.84. The van der Waals surface area contributed by atoms with E-state index in [-0.39, 0.29) is 22.8 Å². The van der Waals surface area contributed by atoms with Crippen molar-refractivity contribution in [2.45, 2.75) is 18.8 Å². The summed E-state index contributed by atoms with van der Waals surface area (Å²) in [6.07, 6.45) is 8.01. The van der Waals surface area contributed by atoms with Crippen molar-refractivity contribution in [3.63, 3.8) is 0 Å². The molecular formula is C27H21F2N3O2S. The summed E-state index contributed by atoms with van der Waals surface area (Å²) in [7, 11) is 0. The van der Waals surface area contributed by atoms with Gasteiger partial charge in [-0.15, -0.1) is 11.8 Å². The zero-order chi connectivity index (χ0) is 24.5. The van der Waals surface area contributed by atoms with Gasteiger partial charge in [-0.2, -0.15) is 9.49 Å². The number of hydrogen-bond donors (Lipinski definition) is 1. The number of aromatic nitrogens is 2. The summed E-state index contributed by atoms with van der Waals surface area (Å²) in [6, 6.07) is 11.5. The molecule has 1 fully saturated rings. The highest BCUT2D eigenvalue weighted by Gasteiger charge is 2.36. The van der Waals surface area contributed by atoms with Crippen LogP contribution >= 0.6 is 11.8 Å². The molecule has 1 aliphatic heterocycles. The lowest BCUT2D eigenvalue weighted by Gasteiger charge is -2.24. The van der Waals surface area contributed by atoms with Gasteiger partial charge in [-0.25, -0.2) is 9.07 Å². The van der Waals surface area contributed by atoms with Crippen LogP contribution in [0.25, 0.3) is 11.3 Å². The second kappa shape index (κ2) is 9.41. The molecule has 5 nitrogen and oxygen atoms in total. The molecule has 176 valence electrons. The number of thioether (sulfide) groups is 1. The minimum absolute atomic E-state index is 0.0117. The van der Waals surface area contributed by atoms with Gasteiger partial charge in [0.05, 0.1) is 17.1 Å². The van der Waals surface area contributed by atoms with Gasteiger partial charge in [-0.3, -0.25) is 4.79 Å². The second-order valence-corrected chi connectivity index (χ2v) is 9.35. The van der Waals surface area contributed by atoms with Crippen molar-refractivity contribution >= 4 is 23.2 Å². The molecule has 1 saturated heterocycles. The number of halogens is 2. The van der Waals surface area contributed by atoms with Crippen molar-refractivity contribution in [3.8, 4) is 11.4 Å². The molecule has 0 spiro atoms. The number of benzene rings is 2. The normalized spacial score (nSPS) is 17.5. The molecule has 5 rings (SSSR count). The van der Waals surface area contributed by atoms with E-state index in [1.165, 1.54) is 30.0 Å². The zero-order valence-electron chi connectivity index (χ0n) is 18.8. The number of carbonyl (C=O) groups is 1. The Morgan fingerprint density at radius 2 is 1.97 bits per heavy atom. The van der Waals surface area contributed by atoms with Gasteiger partial charge >= 0.3 is 0 Å². The Bertz CT molecular complexity index is 1430. The van der Waals surface area contributed by atoms with E-state index in [0.717, 1.165) is 11.1 Å². The lowest BCUT2D eigenvalue weighted by atomic mass is 10.1. The number of amides is 1. The minimum atomic E-state index is -0.495. The number of carbonyl (C=O) groups excluding carboxylic acids is 1. The Kier molecular flexibility index (Phi) is 6.16. The quantitative estimate of drug-likeness (QED) is 0.463. The molecule has 0 radical (unpaired) electrons. The lowest BCUT2D eigenvalue weighted by Crippen LogP contribution is -2.27. The average molecular weight is 490 g/mol. The molecule has 1 aliphatic carbocycles. The maximum atomic E-state index is 13.9. The van der Waals surface area contributed by atoms with Crippen LogP contribution in [-0.2, 0) is 11.3 Å². The van der Waals surface area contributed by atoms with Crippen LogP contribution in [0.4, 0.5) is 8.78 Å². The summed E-state index contributed by atoms with van der Waals surface area (Å²) in [4.78, 5) is 14.6. The standard InChI is InChI=1S/C27H21F2N3O2S/c1-17-13-21(9-12-24(17)29)32-15-23(26(30-32)19-3-2-4-20(28)8-7-19)27-31(25(34)16-35-27)14-18-5-10-22(33)11-6-18/h2-3,5-13,15,27,33H,14,16H2,1H3. The smallest absolute Gasteiger partial charge is 0.234 e. The first kappa shape index (κ1) is 22.9. The summed E-state index contributed by atoms with van der Waals surface area (Å²) in [5, 5.41) is 14.0. The number of rotatable bonds is 5. The van der Waals surface area contributed by atoms with Crippen LogP contribution in [0.15, 0.2) is 84.5 Å². The molecular weight excluding hydrogens is 468 g/mol. The van der Waals surface area contributed by atoms with E-state index in [9.17, 15) is 18.7 Å². The van der Waals surface area contributed by atoms with Crippen LogP contribution in [0.3, 0.4) is 0 Å². The molecule has 35 heavy (non-hydrogen) atoms. The van der Waals surface area contributed by atoms with E-state index >= 15 is 0 Å². The SMILES string of the molecule is Cc1cc(-n2cc(C3SCC(=O)N3Cc3ccc(O)cc3)c(C3=CC=C=C(F)C=C3)n2)ccc1F. The highest BCUT2D eigenvalue weighted by atomic mass is 32.2. The van der Waals surface area contributed by atoms with E-state index in [2.05, 4.69) is 5.73 Å². The highest BCUT2D eigenvalue weighted by molar-refractivity contribution is 8.00. The average Bonchev–Trinajstić information content (AvgIpc) is 3.36. The number of phenolic OH excluding ortho intramolecular Hbond substituents is 1. The van der Waals surface area contributed by atoms with Gasteiger partial charge in [-0.05, 0) is 72.7 Å². The zero-order valence-corrected chi connectivity index (χ0v) is 19.6. The first-order valence-electron chi connectivity index (χ1n) is 10.9. The summed E-state index contributed by atoms with van der Waals surface area (Å²) >= 11 is 1.49. The predicted molar refractivity (Wildman–Crippen MR) is 132 cm³/mol. The van der Waals surface area contributed by atoms with Crippen molar-refractivity contribution in [3.05, 3.63) is 113 Å². The summed E-state index contributed by atoms with van der Waals surface area (Å²) in [5.41, 5.74) is 6.63. The van der Waals surface area contributed by atoms with E-state index < -0.39 is 5.83 Å². The Labute approximate surface area is 205 Å². The van der Waals surface area contributed by atoms with Crippen molar-refractivity contribution in [1.29, 1.82) is 0 Å². The van der Waals surface area contributed by atoms with Crippen molar-refractivity contribution in [2.24, 2.45) is 0 Å². The van der Waals surface area contributed by atoms with Gasteiger partial charge < -0.3 is 10.0 Å². The minimum Gasteiger partial charge on any atom is -0.508 e. The molecule has 0 saturated carbocycles. The van der Waals surface area contributed by atoms with Crippen molar-refractivity contribution in [2.75, 3.05) is 5.75 Å². The van der Waals surface area contributed by atoms with E-state index in [1.54, 1.807) is 65.1 Å². The van der Waals surface area contributed by atoms with E-state index in [4.69, 9.17) is 5.10 Å². The fraction of sp³-hybridized carbons (Fsp3) is 0.148. The first-order chi connectivity index (χ1) is 16.9. The number of aryl methyl sites for hydroxylation is 1. The molecule has 1 unspecified atom stereocenters. The van der Waals surface area contributed by atoms with Crippen LogP contribution in [0.5, 0.6) is 5.75 Å². The highest BCUT2D eigenvalue weighted by Crippen LogP contribution is 2.43.